The maximum absolute atomic E-state index is 12.3. The van der Waals surface area contributed by atoms with Gasteiger partial charge in [0.1, 0.15) is 5.60 Å². The molecule has 35 heavy (non-hydrogen) atoms. The normalized spacial score (nSPS) is 13.4. The van der Waals surface area contributed by atoms with E-state index in [2.05, 4.69) is 0 Å². The first-order valence-electron chi connectivity index (χ1n) is 13.1. The molecule has 2 rings (SSSR count). The lowest BCUT2D eigenvalue weighted by molar-refractivity contribution is -0.154. The molecule has 0 bridgehead atoms. The molecule has 0 N–H and O–H groups in total. The quantitative estimate of drug-likeness (QED) is 0.153. The van der Waals surface area contributed by atoms with E-state index in [0.717, 1.165) is 77.6 Å². The summed E-state index contributed by atoms with van der Waals surface area (Å²) in [6, 6.07) is 7.02. The van der Waals surface area contributed by atoms with E-state index in [1.165, 1.54) is 4.90 Å². The number of ether oxygens (including phenoxy) is 3. The van der Waals surface area contributed by atoms with Gasteiger partial charge in [0.25, 0.3) is 11.8 Å². The van der Waals surface area contributed by atoms with Crippen LogP contribution in [0.4, 0.5) is 0 Å². The van der Waals surface area contributed by atoms with Crippen LogP contribution in [0.15, 0.2) is 24.3 Å². The van der Waals surface area contributed by atoms with E-state index in [-0.39, 0.29) is 17.8 Å². The molecule has 1 aromatic rings. The first-order valence-corrected chi connectivity index (χ1v) is 13.1. The number of imide groups is 1. The van der Waals surface area contributed by atoms with Crippen LogP contribution in [-0.4, -0.2) is 61.3 Å². The predicted molar refractivity (Wildman–Crippen MR) is 135 cm³/mol. The van der Waals surface area contributed by atoms with Crippen LogP contribution in [0.1, 0.15) is 106 Å². The summed E-state index contributed by atoms with van der Waals surface area (Å²) in [4.78, 5) is 37.6. The van der Waals surface area contributed by atoms with E-state index < -0.39 is 5.60 Å². The smallest absolute Gasteiger partial charge is 0.306 e. The molecule has 7 nitrogen and oxygen atoms in total. The fourth-order valence-corrected chi connectivity index (χ4v) is 3.92. The fraction of sp³-hybridized carbons (Fsp3) is 0.679. The highest BCUT2D eigenvalue weighted by Crippen LogP contribution is 2.22. The predicted octanol–water partition coefficient (Wildman–Crippen LogP) is 5.56. The van der Waals surface area contributed by atoms with Crippen molar-refractivity contribution in [1.82, 2.24) is 4.90 Å². The average molecular weight is 490 g/mol. The SMILES string of the molecule is CC(C)(C)OC(=O)CCCCOCCCCCOCCCCCCN1C(=O)c2ccccc2C1=O. The average Bonchev–Trinajstić information content (AvgIpc) is 3.04. The van der Waals surface area contributed by atoms with Crippen molar-refractivity contribution >= 4 is 17.8 Å². The van der Waals surface area contributed by atoms with Gasteiger partial charge in [0.15, 0.2) is 0 Å². The number of benzene rings is 1. The summed E-state index contributed by atoms with van der Waals surface area (Å²) in [6.07, 6.45) is 9.09. The minimum Gasteiger partial charge on any atom is -0.460 e. The molecular formula is C28H43NO6. The summed E-state index contributed by atoms with van der Waals surface area (Å²) < 4.78 is 16.6. The molecule has 7 heteroatoms. The van der Waals surface area contributed by atoms with Crippen LogP contribution in [-0.2, 0) is 19.0 Å². The molecule has 0 aliphatic carbocycles. The van der Waals surface area contributed by atoms with Crippen molar-refractivity contribution < 1.29 is 28.6 Å². The number of nitrogens with zero attached hydrogens (tertiary/aromatic N) is 1. The molecule has 1 aliphatic heterocycles. The van der Waals surface area contributed by atoms with Gasteiger partial charge in [-0.15, -0.1) is 0 Å². The standard InChI is InChI=1S/C28H43NO6/c1-28(2,3)35-25(30)17-9-14-22-34-21-13-6-12-20-33-19-11-5-4-10-18-29-26(31)23-15-7-8-16-24(23)27(29)32/h7-8,15-16H,4-6,9-14,17-22H2,1-3H3. The third-order valence-electron chi connectivity index (χ3n) is 5.72. The van der Waals surface area contributed by atoms with Crippen LogP contribution in [0, 0.1) is 0 Å². The first kappa shape index (κ1) is 29.0. The van der Waals surface area contributed by atoms with E-state index in [4.69, 9.17) is 14.2 Å². The molecule has 196 valence electrons. The van der Waals surface area contributed by atoms with Crippen molar-refractivity contribution in [3.63, 3.8) is 0 Å². The summed E-state index contributed by atoms with van der Waals surface area (Å²) >= 11 is 0. The van der Waals surface area contributed by atoms with Crippen molar-refractivity contribution in [3.8, 4) is 0 Å². The van der Waals surface area contributed by atoms with Gasteiger partial charge in [-0.2, -0.15) is 0 Å². The van der Waals surface area contributed by atoms with Crippen molar-refractivity contribution in [1.29, 1.82) is 0 Å². The van der Waals surface area contributed by atoms with Crippen LogP contribution >= 0.6 is 0 Å². The number of esters is 1. The minimum atomic E-state index is -0.413. The van der Waals surface area contributed by atoms with Crippen LogP contribution in [0.5, 0.6) is 0 Å². The van der Waals surface area contributed by atoms with Crippen molar-refractivity contribution in [2.45, 2.75) is 90.6 Å². The maximum atomic E-state index is 12.3. The van der Waals surface area contributed by atoms with E-state index in [1.807, 2.05) is 20.8 Å². The van der Waals surface area contributed by atoms with Crippen molar-refractivity contribution in [3.05, 3.63) is 35.4 Å². The van der Waals surface area contributed by atoms with Crippen molar-refractivity contribution in [2.75, 3.05) is 33.0 Å². The summed E-state index contributed by atoms with van der Waals surface area (Å²) in [5.74, 6) is -0.478. The Hall–Kier alpha value is -2.25. The minimum absolute atomic E-state index is 0.140. The van der Waals surface area contributed by atoms with Crippen LogP contribution in [0.2, 0.25) is 0 Å². The van der Waals surface area contributed by atoms with Gasteiger partial charge in [-0.05, 0) is 77.8 Å². The largest absolute Gasteiger partial charge is 0.460 e. The number of hydrogen-bond acceptors (Lipinski definition) is 6. The van der Waals surface area contributed by atoms with Crippen LogP contribution in [0.3, 0.4) is 0 Å². The molecule has 0 fully saturated rings. The molecule has 0 unspecified atom stereocenters. The van der Waals surface area contributed by atoms with Gasteiger partial charge in [-0.1, -0.05) is 25.0 Å². The molecule has 0 saturated heterocycles. The molecule has 0 spiro atoms. The summed E-state index contributed by atoms with van der Waals surface area (Å²) in [7, 11) is 0. The Morgan fingerprint density at radius 3 is 1.69 bits per heavy atom. The zero-order valence-corrected chi connectivity index (χ0v) is 21.8. The highest BCUT2D eigenvalue weighted by Gasteiger charge is 2.34. The van der Waals surface area contributed by atoms with E-state index in [1.54, 1.807) is 24.3 Å². The molecule has 2 amide bonds. The van der Waals surface area contributed by atoms with Gasteiger partial charge in [-0.3, -0.25) is 19.3 Å². The lowest BCUT2D eigenvalue weighted by Gasteiger charge is -2.19. The summed E-state index contributed by atoms with van der Waals surface area (Å²) in [6.45, 7) is 9.08. The van der Waals surface area contributed by atoms with E-state index >= 15 is 0 Å². The number of carbonyl (C=O) groups excluding carboxylic acids is 3. The number of amides is 2. The van der Waals surface area contributed by atoms with Gasteiger partial charge in [-0.25, -0.2) is 0 Å². The van der Waals surface area contributed by atoms with Gasteiger partial charge in [0.2, 0.25) is 0 Å². The third-order valence-corrected chi connectivity index (χ3v) is 5.72. The summed E-state index contributed by atoms with van der Waals surface area (Å²) in [5.41, 5.74) is 0.630. The second-order valence-corrected chi connectivity index (χ2v) is 10.1. The highest BCUT2D eigenvalue weighted by molar-refractivity contribution is 6.21. The Labute approximate surface area is 210 Å². The van der Waals surface area contributed by atoms with Gasteiger partial charge >= 0.3 is 5.97 Å². The topological polar surface area (TPSA) is 82.1 Å². The summed E-state index contributed by atoms with van der Waals surface area (Å²) in [5, 5.41) is 0. The second-order valence-electron chi connectivity index (χ2n) is 10.1. The molecule has 1 aromatic carbocycles. The Balaban J connectivity index is 1.32. The Bertz CT molecular complexity index is 766. The fourth-order valence-electron chi connectivity index (χ4n) is 3.92. The Morgan fingerprint density at radius 2 is 1.17 bits per heavy atom. The molecular weight excluding hydrogens is 446 g/mol. The van der Waals surface area contributed by atoms with Gasteiger partial charge in [0.05, 0.1) is 11.1 Å². The molecule has 0 radical (unpaired) electrons. The lowest BCUT2D eigenvalue weighted by Crippen LogP contribution is -2.30. The number of unbranched alkanes of at least 4 members (excludes halogenated alkanes) is 6. The third kappa shape index (κ3) is 11.4. The second kappa shape index (κ2) is 15.7. The van der Waals surface area contributed by atoms with Crippen LogP contribution in [0.25, 0.3) is 0 Å². The van der Waals surface area contributed by atoms with E-state index in [0.29, 0.717) is 30.7 Å². The zero-order valence-electron chi connectivity index (χ0n) is 21.8. The Morgan fingerprint density at radius 1 is 0.714 bits per heavy atom. The maximum Gasteiger partial charge on any atom is 0.306 e. The monoisotopic (exact) mass is 489 g/mol. The van der Waals surface area contributed by atoms with Gasteiger partial charge in [0, 0.05) is 39.4 Å². The number of carbonyl (C=O) groups is 3. The molecule has 0 atom stereocenters. The molecule has 1 aliphatic rings. The zero-order chi connectivity index (χ0) is 25.5. The molecule has 1 heterocycles. The molecule has 0 saturated carbocycles. The van der Waals surface area contributed by atoms with Gasteiger partial charge < -0.3 is 14.2 Å². The highest BCUT2D eigenvalue weighted by atomic mass is 16.6. The lowest BCUT2D eigenvalue weighted by atomic mass is 10.1. The number of fused-ring (bicyclic) bond motifs is 1. The molecule has 0 aromatic heterocycles. The Kier molecular flexibility index (Phi) is 13.0. The van der Waals surface area contributed by atoms with Crippen molar-refractivity contribution in [2.24, 2.45) is 0 Å². The first-order chi connectivity index (χ1) is 16.8. The number of hydrogen-bond donors (Lipinski definition) is 0. The van der Waals surface area contributed by atoms with Crippen LogP contribution < -0.4 is 0 Å². The number of rotatable bonds is 18. The van der Waals surface area contributed by atoms with E-state index in [9.17, 15) is 14.4 Å².